The van der Waals surface area contributed by atoms with Crippen molar-refractivity contribution in [3.8, 4) is 0 Å². The molecule has 0 fully saturated rings. The number of nitrogens with zero attached hydrogens (tertiary/aromatic N) is 3. The molecule has 126 valence electrons. The van der Waals surface area contributed by atoms with Gasteiger partial charge in [0.15, 0.2) is 0 Å². The average molecular weight is 324 g/mol. The van der Waals surface area contributed by atoms with Crippen LogP contribution in [0.2, 0.25) is 0 Å². The predicted octanol–water partition coefficient (Wildman–Crippen LogP) is 3.49. The van der Waals surface area contributed by atoms with Gasteiger partial charge >= 0.3 is 0 Å². The van der Waals surface area contributed by atoms with Gasteiger partial charge in [-0.1, -0.05) is 65.8 Å². The third kappa shape index (κ3) is 5.39. The van der Waals surface area contributed by atoms with Crippen molar-refractivity contribution in [3.05, 3.63) is 82.2 Å². The number of azide groups is 1. The molecule has 2 rings (SSSR count). The van der Waals surface area contributed by atoms with E-state index in [0.29, 0.717) is 12.8 Å². The van der Waals surface area contributed by atoms with E-state index in [1.807, 2.05) is 67.7 Å². The van der Waals surface area contributed by atoms with Crippen LogP contribution in [0.25, 0.3) is 10.4 Å². The van der Waals surface area contributed by atoms with Gasteiger partial charge < -0.3 is 10.4 Å². The summed E-state index contributed by atoms with van der Waals surface area (Å²) in [7, 11) is 1.82. The molecule has 0 spiro atoms. The molecule has 0 radical (unpaired) electrons. The van der Waals surface area contributed by atoms with Crippen LogP contribution in [-0.4, -0.2) is 30.3 Å². The van der Waals surface area contributed by atoms with Crippen molar-refractivity contribution in [1.29, 1.82) is 0 Å². The maximum atomic E-state index is 10.7. The molecule has 0 saturated carbocycles. The van der Waals surface area contributed by atoms with Crippen LogP contribution in [0.3, 0.4) is 0 Å². The fourth-order valence-electron chi connectivity index (χ4n) is 2.85. The van der Waals surface area contributed by atoms with E-state index in [-0.39, 0.29) is 6.04 Å². The van der Waals surface area contributed by atoms with Crippen molar-refractivity contribution < 1.29 is 5.11 Å². The molecule has 5 heteroatoms. The first kappa shape index (κ1) is 18.0. The lowest BCUT2D eigenvalue weighted by molar-refractivity contribution is 0.101. The number of benzene rings is 2. The van der Waals surface area contributed by atoms with Gasteiger partial charge in [0.05, 0.1) is 12.1 Å². The van der Waals surface area contributed by atoms with E-state index in [0.717, 1.165) is 12.0 Å². The minimum Gasteiger partial charge on any atom is -0.391 e. The van der Waals surface area contributed by atoms with E-state index in [1.54, 1.807) is 0 Å². The monoisotopic (exact) mass is 324 g/mol. The molecule has 0 aliphatic carbocycles. The van der Waals surface area contributed by atoms with Crippen LogP contribution in [0.4, 0.5) is 0 Å². The van der Waals surface area contributed by atoms with E-state index >= 15 is 0 Å². The zero-order valence-electron chi connectivity index (χ0n) is 13.9. The maximum Gasteiger partial charge on any atom is 0.0780 e. The van der Waals surface area contributed by atoms with E-state index in [9.17, 15) is 5.11 Å². The molecular formula is C19H24N4O. The van der Waals surface area contributed by atoms with Gasteiger partial charge in [0.25, 0.3) is 0 Å². The molecule has 0 aliphatic rings. The minimum atomic E-state index is -0.741. The van der Waals surface area contributed by atoms with Crippen molar-refractivity contribution in [1.82, 2.24) is 5.32 Å². The lowest BCUT2D eigenvalue weighted by Crippen LogP contribution is -2.45. The number of likely N-dealkylation sites (N-methyl/N-ethyl adjacent to an activating group) is 1. The third-order valence-corrected chi connectivity index (χ3v) is 4.25. The Morgan fingerprint density at radius 2 is 1.62 bits per heavy atom. The zero-order valence-corrected chi connectivity index (χ0v) is 13.9. The standard InChI is InChI=1S/C19H24N4O/c1-21-18(14-16-10-6-3-7-11-16)19(24)17(22-23-20)13-12-15-8-4-2-5-9-15/h2-11,17-19,21,24H,12-14H2,1H3. The Morgan fingerprint density at radius 3 is 2.17 bits per heavy atom. The van der Waals surface area contributed by atoms with Crippen LogP contribution in [0.1, 0.15) is 17.5 Å². The van der Waals surface area contributed by atoms with Crippen molar-refractivity contribution in [2.24, 2.45) is 5.11 Å². The van der Waals surface area contributed by atoms with E-state index in [4.69, 9.17) is 5.53 Å². The summed E-state index contributed by atoms with van der Waals surface area (Å²) in [5.41, 5.74) is 11.2. The number of nitrogens with one attached hydrogen (secondary N) is 1. The number of hydrogen-bond acceptors (Lipinski definition) is 3. The molecule has 3 atom stereocenters. The Hall–Kier alpha value is -2.33. The van der Waals surface area contributed by atoms with Gasteiger partial charge in [0.2, 0.25) is 0 Å². The van der Waals surface area contributed by atoms with Gasteiger partial charge in [-0.25, -0.2) is 0 Å². The van der Waals surface area contributed by atoms with Crippen LogP contribution >= 0.6 is 0 Å². The van der Waals surface area contributed by atoms with Gasteiger partial charge in [-0.05, 0) is 43.0 Å². The highest BCUT2D eigenvalue weighted by Gasteiger charge is 2.26. The van der Waals surface area contributed by atoms with Crippen molar-refractivity contribution in [2.75, 3.05) is 7.05 Å². The Balaban J connectivity index is 2.02. The fourth-order valence-corrected chi connectivity index (χ4v) is 2.85. The minimum absolute atomic E-state index is 0.168. The molecule has 0 bridgehead atoms. The maximum absolute atomic E-state index is 10.7. The SMILES string of the molecule is CNC(Cc1ccccc1)C(O)C(CCc1ccccc1)N=[N+]=[N-]. The first-order valence-corrected chi connectivity index (χ1v) is 8.22. The first-order valence-electron chi connectivity index (χ1n) is 8.22. The third-order valence-electron chi connectivity index (χ3n) is 4.25. The lowest BCUT2D eigenvalue weighted by atomic mass is 9.93. The van der Waals surface area contributed by atoms with Crippen molar-refractivity contribution >= 4 is 0 Å². The highest BCUT2D eigenvalue weighted by Crippen LogP contribution is 2.16. The predicted molar refractivity (Wildman–Crippen MR) is 96.7 cm³/mol. The van der Waals surface area contributed by atoms with Crippen molar-refractivity contribution in [3.63, 3.8) is 0 Å². The zero-order chi connectivity index (χ0) is 17.2. The quantitative estimate of drug-likeness (QED) is 0.420. The topological polar surface area (TPSA) is 81.0 Å². The second kappa shape index (κ2) is 9.73. The number of aliphatic hydroxyl groups excluding tert-OH is 1. The normalized spacial score (nSPS) is 14.4. The molecule has 2 N–H and O–H groups in total. The van der Waals surface area contributed by atoms with E-state index in [2.05, 4.69) is 15.3 Å². The van der Waals surface area contributed by atoms with Crippen molar-refractivity contribution in [2.45, 2.75) is 37.5 Å². The summed E-state index contributed by atoms with van der Waals surface area (Å²) in [5.74, 6) is 0. The molecule has 0 amide bonds. The van der Waals surface area contributed by atoms with Crippen LogP contribution in [0.15, 0.2) is 65.8 Å². The fraction of sp³-hybridized carbons (Fsp3) is 0.368. The Morgan fingerprint density at radius 1 is 1.04 bits per heavy atom. The van der Waals surface area contributed by atoms with Crippen LogP contribution in [0, 0.1) is 0 Å². The van der Waals surface area contributed by atoms with Crippen LogP contribution in [-0.2, 0) is 12.8 Å². The second-order valence-electron chi connectivity index (χ2n) is 5.87. The summed E-state index contributed by atoms with van der Waals surface area (Å²) in [6.45, 7) is 0. The van der Waals surface area contributed by atoms with Crippen LogP contribution in [0.5, 0.6) is 0 Å². The number of rotatable bonds is 9. The molecule has 0 aromatic heterocycles. The van der Waals surface area contributed by atoms with Gasteiger partial charge in [0, 0.05) is 11.0 Å². The number of hydrogen-bond donors (Lipinski definition) is 2. The molecule has 2 aromatic carbocycles. The highest BCUT2D eigenvalue weighted by molar-refractivity contribution is 5.17. The summed E-state index contributed by atoms with van der Waals surface area (Å²) >= 11 is 0. The van der Waals surface area contributed by atoms with Gasteiger partial charge in [-0.15, -0.1) is 0 Å². The van der Waals surface area contributed by atoms with Gasteiger partial charge in [0.1, 0.15) is 0 Å². The largest absolute Gasteiger partial charge is 0.391 e. The molecule has 0 saturated heterocycles. The molecular weight excluding hydrogens is 300 g/mol. The lowest BCUT2D eigenvalue weighted by Gasteiger charge is -2.27. The summed E-state index contributed by atoms with van der Waals surface area (Å²) in [4.78, 5) is 2.93. The molecule has 24 heavy (non-hydrogen) atoms. The molecule has 0 aliphatic heterocycles. The Bertz CT molecular complexity index is 641. The smallest absolute Gasteiger partial charge is 0.0780 e. The highest BCUT2D eigenvalue weighted by atomic mass is 16.3. The molecule has 5 nitrogen and oxygen atoms in total. The summed E-state index contributed by atoms with van der Waals surface area (Å²) in [6, 6.07) is 19.4. The second-order valence-corrected chi connectivity index (χ2v) is 5.87. The van der Waals surface area contributed by atoms with Gasteiger partial charge in [-0.2, -0.15) is 0 Å². The molecule has 2 aromatic rings. The van der Waals surface area contributed by atoms with E-state index < -0.39 is 12.1 Å². The van der Waals surface area contributed by atoms with Crippen LogP contribution < -0.4 is 5.32 Å². The summed E-state index contributed by atoms with van der Waals surface area (Å²) in [6.07, 6.45) is 1.32. The first-order chi connectivity index (χ1) is 11.7. The molecule has 3 unspecified atom stereocenters. The van der Waals surface area contributed by atoms with E-state index in [1.165, 1.54) is 5.56 Å². The summed E-state index contributed by atoms with van der Waals surface area (Å²) in [5, 5.41) is 17.7. The Kier molecular flexibility index (Phi) is 7.30. The summed E-state index contributed by atoms with van der Waals surface area (Å²) < 4.78 is 0. The number of aryl methyl sites for hydroxylation is 1. The Labute approximate surface area is 143 Å². The number of aliphatic hydroxyl groups is 1. The van der Waals surface area contributed by atoms with Gasteiger partial charge in [-0.3, -0.25) is 0 Å². The molecule has 0 heterocycles. The average Bonchev–Trinajstić information content (AvgIpc) is 2.64.